The zero-order chi connectivity index (χ0) is 20.2. The summed E-state index contributed by atoms with van der Waals surface area (Å²) in [5.74, 6) is 0.315. The maximum Gasteiger partial charge on any atom is 0.335 e. The molecule has 1 aliphatic heterocycles. The van der Waals surface area contributed by atoms with Gasteiger partial charge >= 0.3 is 5.97 Å². The average molecular weight is 410 g/mol. The Hall–Kier alpha value is -3.16. The second-order valence-corrected chi connectivity index (χ2v) is 7.14. The molecule has 3 heterocycles. The quantitative estimate of drug-likeness (QED) is 0.592. The first-order chi connectivity index (χ1) is 14.1. The number of carboxylic acids is 1. The van der Waals surface area contributed by atoms with Crippen molar-refractivity contribution < 1.29 is 9.90 Å². The van der Waals surface area contributed by atoms with Crippen LogP contribution in [0.25, 0.3) is 11.3 Å². The molecular weight excluding hydrogens is 390 g/mol. The number of anilines is 3. The summed E-state index contributed by atoms with van der Waals surface area (Å²) in [5.41, 5.74) is 2.40. The smallest absolute Gasteiger partial charge is 0.335 e. The summed E-state index contributed by atoms with van der Waals surface area (Å²) in [6.07, 6.45) is 1.67. The Balaban J connectivity index is 1.68. The number of piperazine rings is 1. The lowest BCUT2D eigenvalue weighted by atomic mass is 10.1. The number of nitrogens with zero attached hydrogens (tertiary/aromatic N) is 3. The third-order valence-corrected chi connectivity index (χ3v) is 4.89. The predicted molar refractivity (Wildman–Crippen MR) is 114 cm³/mol. The van der Waals surface area contributed by atoms with Gasteiger partial charge in [-0.15, -0.1) is 0 Å². The van der Waals surface area contributed by atoms with Gasteiger partial charge in [0, 0.05) is 48.6 Å². The third-order valence-electron chi connectivity index (χ3n) is 4.65. The normalized spacial score (nSPS) is 13.9. The van der Waals surface area contributed by atoms with Crippen LogP contribution < -0.4 is 15.5 Å². The summed E-state index contributed by atoms with van der Waals surface area (Å²) in [5, 5.41) is 16.7. The van der Waals surface area contributed by atoms with Crippen molar-refractivity contribution in [2.45, 2.75) is 0 Å². The minimum atomic E-state index is -0.976. The standard InChI is InChI=1S/C21H20ClN5O2/c22-16-2-1-3-17(13-16)25-19-11-14(4-5-24-19)18-10-15(21(28)29)12-20(26-18)27-8-6-23-7-9-27/h1-5,10-13,23H,6-9H2,(H,24,25)(H,28,29). The number of aromatic carboxylic acids is 1. The number of nitrogens with one attached hydrogen (secondary N) is 2. The fourth-order valence-corrected chi connectivity index (χ4v) is 3.41. The second kappa shape index (κ2) is 8.46. The summed E-state index contributed by atoms with van der Waals surface area (Å²) in [6, 6.07) is 14.2. The number of aromatic nitrogens is 2. The van der Waals surface area contributed by atoms with E-state index in [2.05, 4.69) is 20.5 Å². The fraction of sp³-hybridized carbons (Fsp3) is 0.190. The number of hydrogen-bond acceptors (Lipinski definition) is 6. The highest BCUT2D eigenvalue weighted by Gasteiger charge is 2.17. The molecule has 3 N–H and O–H groups in total. The van der Waals surface area contributed by atoms with Gasteiger partial charge in [0.1, 0.15) is 11.6 Å². The first-order valence-corrected chi connectivity index (χ1v) is 9.66. The van der Waals surface area contributed by atoms with Crippen LogP contribution in [0.5, 0.6) is 0 Å². The molecule has 0 spiro atoms. The van der Waals surface area contributed by atoms with Crippen LogP contribution in [0.15, 0.2) is 54.7 Å². The second-order valence-electron chi connectivity index (χ2n) is 6.71. The number of carboxylic acid groups (broad SMARTS) is 1. The molecule has 1 fully saturated rings. The van der Waals surface area contributed by atoms with Gasteiger partial charge in [-0.1, -0.05) is 17.7 Å². The van der Waals surface area contributed by atoms with Crippen LogP contribution in [0.1, 0.15) is 10.4 Å². The lowest BCUT2D eigenvalue weighted by Gasteiger charge is -2.29. The van der Waals surface area contributed by atoms with Crippen molar-refractivity contribution in [1.82, 2.24) is 15.3 Å². The summed E-state index contributed by atoms with van der Waals surface area (Å²) in [6.45, 7) is 3.26. The molecule has 7 nitrogen and oxygen atoms in total. The molecule has 0 amide bonds. The van der Waals surface area contributed by atoms with E-state index < -0.39 is 5.97 Å². The molecule has 0 unspecified atom stereocenters. The fourth-order valence-electron chi connectivity index (χ4n) is 3.22. The third kappa shape index (κ3) is 4.64. The molecule has 0 saturated carbocycles. The Labute approximate surface area is 173 Å². The van der Waals surface area contributed by atoms with Crippen molar-refractivity contribution in [1.29, 1.82) is 0 Å². The van der Waals surface area contributed by atoms with E-state index >= 15 is 0 Å². The van der Waals surface area contributed by atoms with Crippen LogP contribution in [0.2, 0.25) is 5.02 Å². The number of halogens is 1. The van der Waals surface area contributed by atoms with Gasteiger partial charge in [-0.05, 0) is 42.5 Å². The summed E-state index contributed by atoms with van der Waals surface area (Å²) in [4.78, 5) is 22.8. The molecule has 29 heavy (non-hydrogen) atoms. The molecule has 3 aromatic rings. The Morgan fingerprint density at radius 3 is 2.72 bits per heavy atom. The maximum absolute atomic E-state index is 11.7. The van der Waals surface area contributed by atoms with Crippen LogP contribution in [-0.2, 0) is 0 Å². The van der Waals surface area contributed by atoms with E-state index in [-0.39, 0.29) is 5.56 Å². The zero-order valence-corrected chi connectivity index (χ0v) is 16.4. The van der Waals surface area contributed by atoms with Gasteiger partial charge in [-0.25, -0.2) is 14.8 Å². The van der Waals surface area contributed by atoms with Crippen molar-refractivity contribution >= 4 is 34.9 Å². The number of benzene rings is 1. The molecule has 148 valence electrons. The van der Waals surface area contributed by atoms with Crippen molar-refractivity contribution in [2.75, 3.05) is 36.4 Å². The van der Waals surface area contributed by atoms with Crippen molar-refractivity contribution in [3.8, 4) is 11.3 Å². The minimum absolute atomic E-state index is 0.213. The average Bonchev–Trinajstić information content (AvgIpc) is 2.74. The lowest BCUT2D eigenvalue weighted by Crippen LogP contribution is -2.44. The number of hydrogen-bond donors (Lipinski definition) is 3. The summed E-state index contributed by atoms with van der Waals surface area (Å²) < 4.78 is 0. The molecule has 1 saturated heterocycles. The molecule has 1 aliphatic rings. The molecule has 1 aromatic carbocycles. The highest BCUT2D eigenvalue weighted by Crippen LogP contribution is 2.26. The van der Waals surface area contributed by atoms with Crippen LogP contribution in [0.4, 0.5) is 17.3 Å². The van der Waals surface area contributed by atoms with Gasteiger partial charge in [-0.2, -0.15) is 0 Å². The number of carbonyl (C=O) groups is 1. The van der Waals surface area contributed by atoms with Crippen molar-refractivity contribution in [3.05, 3.63) is 65.3 Å². The maximum atomic E-state index is 11.7. The van der Waals surface area contributed by atoms with E-state index in [1.54, 1.807) is 24.4 Å². The number of pyridine rings is 2. The predicted octanol–water partition coefficient (Wildman–Crippen LogP) is 3.65. The molecular formula is C21H20ClN5O2. The summed E-state index contributed by atoms with van der Waals surface area (Å²) in [7, 11) is 0. The first-order valence-electron chi connectivity index (χ1n) is 9.28. The molecule has 2 aromatic heterocycles. The van der Waals surface area contributed by atoms with Crippen LogP contribution in [-0.4, -0.2) is 47.2 Å². The van der Waals surface area contributed by atoms with Gasteiger partial charge in [0.15, 0.2) is 0 Å². The zero-order valence-electron chi connectivity index (χ0n) is 15.6. The molecule has 0 radical (unpaired) electrons. The van der Waals surface area contributed by atoms with E-state index in [1.807, 2.05) is 30.3 Å². The van der Waals surface area contributed by atoms with E-state index in [0.717, 1.165) is 37.4 Å². The van der Waals surface area contributed by atoms with E-state index in [0.29, 0.717) is 22.4 Å². The van der Waals surface area contributed by atoms with Crippen molar-refractivity contribution in [2.24, 2.45) is 0 Å². The van der Waals surface area contributed by atoms with E-state index in [4.69, 9.17) is 16.6 Å². The van der Waals surface area contributed by atoms with E-state index in [1.165, 1.54) is 0 Å². The monoisotopic (exact) mass is 409 g/mol. The van der Waals surface area contributed by atoms with Gasteiger partial charge in [0.05, 0.1) is 11.3 Å². The topological polar surface area (TPSA) is 90.4 Å². The number of rotatable bonds is 5. The Kier molecular flexibility index (Phi) is 5.59. The Morgan fingerprint density at radius 1 is 1.14 bits per heavy atom. The highest BCUT2D eigenvalue weighted by atomic mass is 35.5. The molecule has 8 heteroatoms. The summed E-state index contributed by atoms with van der Waals surface area (Å²) >= 11 is 6.04. The SMILES string of the molecule is O=C(O)c1cc(-c2ccnc(Nc3cccc(Cl)c3)c2)nc(N2CCNCC2)c1. The van der Waals surface area contributed by atoms with Gasteiger partial charge < -0.3 is 20.6 Å². The van der Waals surface area contributed by atoms with Crippen LogP contribution in [0.3, 0.4) is 0 Å². The molecule has 0 bridgehead atoms. The van der Waals surface area contributed by atoms with E-state index in [9.17, 15) is 9.90 Å². The van der Waals surface area contributed by atoms with Crippen LogP contribution >= 0.6 is 11.6 Å². The van der Waals surface area contributed by atoms with Gasteiger partial charge in [-0.3, -0.25) is 0 Å². The first kappa shape index (κ1) is 19.2. The van der Waals surface area contributed by atoms with Crippen LogP contribution in [0, 0.1) is 0 Å². The molecule has 4 rings (SSSR count). The minimum Gasteiger partial charge on any atom is -0.478 e. The Morgan fingerprint density at radius 2 is 1.97 bits per heavy atom. The highest BCUT2D eigenvalue weighted by molar-refractivity contribution is 6.30. The largest absolute Gasteiger partial charge is 0.478 e. The van der Waals surface area contributed by atoms with Gasteiger partial charge in [0.25, 0.3) is 0 Å². The lowest BCUT2D eigenvalue weighted by molar-refractivity contribution is 0.0697. The van der Waals surface area contributed by atoms with Crippen molar-refractivity contribution in [3.63, 3.8) is 0 Å². The molecule has 0 aliphatic carbocycles. The Bertz CT molecular complexity index is 1040. The molecule has 0 atom stereocenters. The van der Waals surface area contributed by atoms with Gasteiger partial charge in [0.2, 0.25) is 0 Å².